The molecule has 0 atom stereocenters. The smallest absolute Gasteiger partial charge is 0.315 e. The minimum absolute atomic E-state index is 0.112. The third-order valence-electron chi connectivity index (χ3n) is 5.70. The minimum atomic E-state index is -0.341. The van der Waals surface area contributed by atoms with Gasteiger partial charge in [-0.2, -0.15) is 5.10 Å². The van der Waals surface area contributed by atoms with E-state index in [4.69, 9.17) is 16.3 Å². The summed E-state index contributed by atoms with van der Waals surface area (Å²) in [7, 11) is 0. The lowest BCUT2D eigenvalue weighted by molar-refractivity contribution is -0.138. The van der Waals surface area contributed by atoms with Crippen molar-refractivity contribution in [2.24, 2.45) is 5.92 Å². The molecule has 31 heavy (non-hydrogen) atoms. The van der Waals surface area contributed by atoms with Gasteiger partial charge in [-0.05, 0) is 55.0 Å². The number of carbonyl (C=O) groups excluding carboxylic acids is 1. The number of nitrogens with zero attached hydrogens (tertiary/aromatic N) is 4. The van der Waals surface area contributed by atoms with Gasteiger partial charge in [0.2, 0.25) is 5.88 Å². The molecule has 164 valence electrons. The lowest BCUT2D eigenvalue weighted by Gasteiger charge is -2.19. The molecule has 0 bridgehead atoms. The van der Waals surface area contributed by atoms with Gasteiger partial charge in [0.15, 0.2) is 0 Å². The molecule has 0 radical (unpaired) electrons. The zero-order valence-electron chi connectivity index (χ0n) is 18.3. The number of halogens is 1. The van der Waals surface area contributed by atoms with Crippen molar-refractivity contribution in [3.8, 4) is 22.7 Å². The summed E-state index contributed by atoms with van der Waals surface area (Å²) in [5, 5.41) is 4.85. The number of hydrogen-bond acceptors (Lipinski definition) is 4. The first kappa shape index (κ1) is 21.4. The second kappa shape index (κ2) is 8.38. The second-order valence-electron chi connectivity index (χ2n) is 8.27. The number of benzene rings is 1. The van der Waals surface area contributed by atoms with E-state index in [1.54, 1.807) is 35.6 Å². The molecular weight excluding hydrogens is 416 g/mol. The fourth-order valence-electron chi connectivity index (χ4n) is 4.12. The zero-order chi connectivity index (χ0) is 22.3. The number of aryl methyl sites for hydroxylation is 2. The fourth-order valence-corrected chi connectivity index (χ4v) is 4.25. The van der Waals surface area contributed by atoms with Crippen LogP contribution in [0.25, 0.3) is 16.8 Å². The van der Waals surface area contributed by atoms with Crippen molar-refractivity contribution < 1.29 is 9.53 Å². The van der Waals surface area contributed by atoms with Gasteiger partial charge in [0.05, 0.1) is 22.8 Å². The Morgan fingerprint density at radius 1 is 1.19 bits per heavy atom. The number of aromatic nitrogens is 4. The van der Waals surface area contributed by atoms with Crippen LogP contribution in [0.15, 0.2) is 29.3 Å². The van der Waals surface area contributed by atoms with E-state index in [1.807, 2.05) is 30.7 Å². The van der Waals surface area contributed by atoms with Crippen LogP contribution in [0.3, 0.4) is 0 Å². The Morgan fingerprint density at radius 3 is 2.52 bits per heavy atom. The molecule has 3 heterocycles. The molecule has 2 aromatic heterocycles. The maximum Gasteiger partial charge on any atom is 0.315 e. The average Bonchev–Trinajstić information content (AvgIpc) is 3.30. The molecule has 0 amide bonds. The van der Waals surface area contributed by atoms with Crippen molar-refractivity contribution in [2.75, 3.05) is 0 Å². The predicted octanol–water partition coefficient (Wildman–Crippen LogP) is 4.38. The Hall–Kier alpha value is -2.80. The number of fused-ring (bicyclic) bond motifs is 1. The van der Waals surface area contributed by atoms with Crippen LogP contribution in [0.4, 0.5) is 0 Å². The highest BCUT2D eigenvalue weighted by molar-refractivity contribution is 6.30. The van der Waals surface area contributed by atoms with E-state index in [0.717, 1.165) is 35.2 Å². The third kappa shape index (κ3) is 3.82. The molecule has 0 fully saturated rings. The van der Waals surface area contributed by atoms with Crippen molar-refractivity contribution in [3.63, 3.8) is 0 Å². The first-order valence-electron chi connectivity index (χ1n) is 10.7. The molecule has 0 spiro atoms. The quantitative estimate of drug-likeness (QED) is 0.549. The molecule has 0 saturated heterocycles. The van der Waals surface area contributed by atoms with E-state index in [9.17, 15) is 9.59 Å². The van der Waals surface area contributed by atoms with Crippen LogP contribution >= 0.6 is 11.6 Å². The standard InChI is InChI=1S/C23H27ClN4O3/c1-5-16-11-18(26-13-17(24)12-25-26)10-15(4)19(16)20-21(29)27-8-6-7-9-28(27)22(20)31-23(30)14(2)3/h10-14H,5-9H2,1-4H3. The van der Waals surface area contributed by atoms with Gasteiger partial charge >= 0.3 is 5.97 Å². The Labute approximate surface area is 186 Å². The molecule has 0 unspecified atom stereocenters. The van der Waals surface area contributed by atoms with Gasteiger partial charge in [0.25, 0.3) is 5.56 Å². The SMILES string of the molecule is CCc1cc(-n2cc(Cl)cn2)cc(C)c1-c1c(OC(=O)C(C)C)n2n(c1=O)CCCC2. The first-order chi connectivity index (χ1) is 14.8. The van der Waals surface area contributed by atoms with Gasteiger partial charge in [-0.25, -0.2) is 9.36 Å². The van der Waals surface area contributed by atoms with Crippen LogP contribution in [0, 0.1) is 12.8 Å². The van der Waals surface area contributed by atoms with Crippen LogP contribution in [-0.4, -0.2) is 25.1 Å². The maximum absolute atomic E-state index is 13.5. The number of ether oxygens (including phenoxy) is 1. The molecular formula is C23H27ClN4O3. The largest absolute Gasteiger partial charge is 0.407 e. The summed E-state index contributed by atoms with van der Waals surface area (Å²) in [6, 6.07) is 3.99. The van der Waals surface area contributed by atoms with Crippen LogP contribution in [0.2, 0.25) is 5.02 Å². The first-order valence-corrected chi connectivity index (χ1v) is 11.1. The van der Waals surface area contributed by atoms with Gasteiger partial charge in [-0.15, -0.1) is 0 Å². The van der Waals surface area contributed by atoms with Crippen LogP contribution < -0.4 is 10.3 Å². The Kier molecular flexibility index (Phi) is 5.79. The van der Waals surface area contributed by atoms with E-state index >= 15 is 0 Å². The molecule has 1 aromatic carbocycles. The molecule has 7 nitrogen and oxygen atoms in total. The highest BCUT2D eigenvalue weighted by atomic mass is 35.5. The Balaban J connectivity index is 1.94. The van der Waals surface area contributed by atoms with Crippen LogP contribution in [-0.2, 0) is 24.3 Å². The van der Waals surface area contributed by atoms with Gasteiger partial charge in [-0.3, -0.25) is 14.3 Å². The highest BCUT2D eigenvalue weighted by Gasteiger charge is 2.29. The highest BCUT2D eigenvalue weighted by Crippen LogP contribution is 2.36. The average molecular weight is 443 g/mol. The molecule has 3 aromatic rings. The van der Waals surface area contributed by atoms with Crippen LogP contribution in [0.1, 0.15) is 44.7 Å². The number of hydrogen-bond donors (Lipinski definition) is 0. The van der Waals surface area contributed by atoms with Crippen molar-refractivity contribution in [1.82, 2.24) is 19.1 Å². The maximum atomic E-state index is 13.5. The van der Waals surface area contributed by atoms with Gasteiger partial charge in [0, 0.05) is 19.3 Å². The Morgan fingerprint density at radius 2 is 1.90 bits per heavy atom. The van der Waals surface area contributed by atoms with Crippen molar-refractivity contribution in [2.45, 2.75) is 60.0 Å². The molecule has 0 aliphatic carbocycles. The van der Waals surface area contributed by atoms with Crippen molar-refractivity contribution in [1.29, 1.82) is 0 Å². The summed E-state index contributed by atoms with van der Waals surface area (Å²) in [6.07, 6.45) is 5.92. The van der Waals surface area contributed by atoms with Gasteiger partial charge in [-0.1, -0.05) is 32.4 Å². The van der Waals surface area contributed by atoms with E-state index in [0.29, 0.717) is 36.0 Å². The van der Waals surface area contributed by atoms with E-state index in [-0.39, 0.29) is 17.4 Å². The number of rotatable bonds is 5. The monoisotopic (exact) mass is 442 g/mol. The molecule has 4 rings (SSSR count). The van der Waals surface area contributed by atoms with Gasteiger partial charge < -0.3 is 4.74 Å². The Bertz CT molecular complexity index is 1200. The molecule has 1 aliphatic rings. The molecule has 8 heteroatoms. The minimum Gasteiger partial charge on any atom is -0.407 e. The van der Waals surface area contributed by atoms with E-state index in [1.165, 1.54) is 0 Å². The topological polar surface area (TPSA) is 71.1 Å². The van der Waals surface area contributed by atoms with E-state index < -0.39 is 0 Å². The molecule has 0 N–H and O–H groups in total. The van der Waals surface area contributed by atoms with Crippen LogP contribution in [0.5, 0.6) is 5.88 Å². The molecule has 1 aliphatic heterocycles. The summed E-state index contributed by atoms with van der Waals surface area (Å²) in [5.41, 5.74) is 3.96. The summed E-state index contributed by atoms with van der Waals surface area (Å²) < 4.78 is 11.1. The summed E-state index contributed by atoms with van der Waals surface area (Å²) >= 11 is 6.05. The third-order valence-corrected chi connectivity index (χ3v) is 5.89. The van der Waals surface area contributed by atoms with Crippen molar-refractivity contribution in [3.05, 3.63) is 51.0 Å². The fraction of sp³-hybridized carbons (Fsp3) is 0.435. The summed E-state index contributed by atoms with van der Waals surface area (Å²) in [5.74, 6) is -0.274. The normalized spacial score (nSPS) is 13.5. The molecule has 0 saturated carbocycles. The van der Waals surface area contributed by atoms with Gasteiger partial charge in [0.1, 0.15) is 5.56 Å². The zero-order valence-corrected chi connectivity index (χ0v) is 19.1. The summed E-state index contributed by atoms with van der Waals surface area (Å²) in [6.45, 7) is 8.87. The number of carbonyl (C=O) groups is 1. The van der Waals surface area contributed by atoms with E-state index in [2.05, 4.69) is 5.10 Å². The number of esters is 1. The summed E-state index contributed by atoms with van der Waals surface area (Å²) in [4.78, 5) is 26.0. The second-order valence-corrected chi connectivity index (χ2v) is 8.70. The lowest BCUT2D eigenvalue weighted by Crippen LogP contribution is -2.28. The predicted molar refractivity (Wildman–Crippen MR) is 120 cm³/mol. The van der Waals surface area contributed by atoms with Crippen molar-refractivity contribution >= 4 is 17.6 Å². The lowest BCUT2D eigenvalue weighted by atomic mass is 9.94.